The Balaban J connectivity index is 4.26. The first kappa shape index (κ1) is 8.03. The van der Waals surface area contributed by atoms with Crippen LogP contribution in [0.3, 0.4) is 0 Å². The fraction of sp³-hybridized carbons (Fsp3) is 1.00. The minimum Gasteiger partial charge on any atom is -0.321 e. The van der Waals surface area contributed by atoms with E-state index in [2.05, 4.69) is 17.2 Å². The summed E-state index contributed by atoms with van der Waals surface area (Å²) in [7, 11) is -4.52. The van der Waals surface area contributed by atoms with Gasteiger partial charge < -0.3 is 9.79 Å². The van der Waals surface area contributed by atoms with Crippen LogP contribution in [-0.2, 0) is 4.57 Å². The highest BCUT2D eigenvalue weighted by Crippen LogP contribution is 2.39. The van der Waals surface area contributed by atoms with E-state index >= 15 is 0 Å². The quantitative estimate of drug-likeness (QED) is 0.205. The van der Waals surface area contributed by atoms with Gasteiger partial charge in [0.2, 0.25) is 5.53 Å². The maximum Gasteiger partial charge on any atom is 0.374 e. The lowest BCUT2D eigenvalue weighted by atomic mass is 11.0. The van der Waals surface area contributed by atoms with Crippen LogP contribution >= 0.6 is 7.60 Å². The first-order valence-corrected chi connectivity index (χ1v) is 3.28. The average molecular weight is 141 g/mol. The van der Waals surface area contributed by atoms with Crippen LogP contribution in [0.2, 0.25) is 0 Å². The van der Waals surface area contributed by atoms with Crippen molar-refractivity contribution in [1.82, 2.24) is 0 Å². The molecule has 50 valence electrons. The van der Waals surface area contributed by atoms with Crippen molar-refractivity contribution in [2.24, 2.45) is 17.2 Å². The lowest BCUT2D eigenvalue weighted by molar-refractivity contribution is 0.329. The standard InChI is InChI=1S/CH8N3O3P/c2-1(3,4)8(5,6)7/h2-4H2,(H2,5,6,7). The van der Waals surface area contributed by atoms with Crippen molar-refractivity contribution in [1.29, 1.82) is 0 Å². The first-order chi connectivity index (χ1) is 3.25. The summed E-state index contributed by atoms with van der Waals surface area (Å²) in [5.41, 5.74) is 11.4. The van der Waals surface area contributed by atoms with E-state index in [4.69, 9.17) is 9.79 Å². The molecule has 0 aromatic heterocycles. The molecule has 0 spiro atoms. The second-order valence-electron chi connectivity index (χ2n) is 1.43. The molecule has 6 nitrogen and oxygen atoms in total. The van der Waals surface area contributed by atoms with E-state index in [1.165, 1.54) is 0 Å². The Morgan fingerprint density at radius 3 is 1.38 bits per heavy atom. The number of rotatable bonds is 1. The van der Waals surface area contributed by atoms with Gasteiger partial charge in [-0.3, -0.25) is 21.8 Å². The fourth-order valence-electron chi connectivity index (χ4n) is 0. The number of nitrogens with two attached hydrogens (primary N) is 3. The largest absolute Gasteiger partial charge is 0.374 e. The lowest BCUT2D eigenvalue weighted by Gasteiger charge is -2.18. The molecule has 7 heteroatoms. The summed E-state index contributed by atoms with van der Waals surface area (Å²) in [6.07, 6.45) is 0. The van der Waals surface area contributed by atoms with Crippen LogP contribution in [0.25, 0.3) is 0 Å². The molecule has 0 heterocycles. The van der Waals surface area contributed by atoms with Crippen LogP contribution in [0.15, 0.2) is 0 Å². The predicted octanol–water partition coefficient (Wildman–Crippen LogP) is -2.35. The molecule has 8 N–H and O–H groups in total. The average Bonchev–Trinajstić information content (AvgIpc) is 1.25. The molecule has 0 rings (SSSR count). The van der Waals surface area contributed by atoms with Crippen LogP contribution in [0.5, 0.6) is 0 Å². The van der Waals surface area contributed by atoms with Crippen molar-refractivity contribution in [3.05, 3.63) is 0 Å². The van der Waals surface area contributed by atoms with Crippen molar-refractivity contribution >= 4 is 7.60 Å². The van der Waals surface area contributed by atoms with E-state index in [1.54, 1.807) is 0 Å². The summed E-state index contributed by atoms with van der Waals surface area (Å²) < 4.78 is 9.97. The van der Waals surface area contributed by atoms with E-state index in [0.29, 0.717) is 0 Å². The molecule has 0 atom stereocenters. The minimum absolute atomic E-state index is 2.40. The fourth-order valence-corrected chi connectivity index (χ4v) is 0. The number of hydrogen-bond acceptors (Lipinski definition) is 4. The molecule has 0 aliphatic rings. The zero-order chi connectivity index (χ0) is 7.00. The highest BCUT2D eigenvalue weighted by molar-refractivity contribution is 7.53. The summed E-state index contributed by atoms with van der Waals surface area (Å²) in [6.45, 7) is 0. The summed E-state index contributed by atoms with van der Waals surface area (Å²) >= 11 is 0. The molecule has 0 bridgehead atoms. The Morgan fingerprint density at radius 2 is 1.38 bits per heavy atom. The van der Waals surface area contributed by atoms with E-state index in [1.807, 2.05) is 0 Å². The predicted molar refractivity (Wildman–Crippen MR) is 27.3 cm³/mol. The van der Waals surface area contributed by atoms with Crippen molar-refractivity contribution in [3.8, 4) is 0 Å². The van der Waals surface area contributed by atoms with Gasteiger partial charge in [-0.25, -0.2) is 0 Å². The van der Waals surface area contributed by atoms with Crippen molar-refractivity contribution < 1.29 is 14.4 Å². The maximum atomic E-state index is 9.97. The molecule has 0 unspecified atom stereocenters. The molecule has 0 amide bonds. The highest BCUT2D eigenvalue weighted by Gasteiger charge is 2.34. The Kier molecular flexibility index (Phi) is 1.77. The molecule has 0 aromatic carbocycles. The summed E-state index contributed by atoms with van der Waals surface area (Å²) in [4.78, 5) is 16.2. The Hall–Kier alpha value is 0.0300. The van der Waals surface area contributed by atoms with Crippen molar-refractivity contribution in [2.45, 2.75) is 5.53 Å². The zero-order valence-electron chi connectivity index (χ0n) is 3.98. The molecule has 0 saturated heterocycles. The van der Waals surface area contributed by atoms with Crippen molar-refractivity contribution in [3.63, 3.8) is 0 Å². The SMILES string of the molecule is NC(N)(N)P(=O)(O)O. The smallest absolute Gasteiger partial charge is 0.321 e. The molecular formula is CH8N3O3P. The van der Waals surface area contributed by atoms with Gasteiger partial charge in [0.05, 0.1) is 0 Å². The molecule has 0 radical (unpaired) electrons. The van der Waals surface area contributed by atoms with E-state index in [-0.39, 0.29) is 0 Å². The molecule has 0 aliphatic carbocycles. The first-order valence-electron chi connectivity index (χ1n) is 1.67. The second kappa shape index (κ2) is 1.77. The normalized spacial score (nSPS) is 14.1. The number of hydrogen-bond donors (Lipinski definition) is 5. The van der Waals surface area contributed by atoms with Gasteiger partial charge in [-0.15, -0.1) is 0 Å². The topological polar surface area (TPSA) is 136 Å². The van der Waals surface area contributed by atoms with Gasteiger partial charge in [0, 0.05) is 0 Å². The molecular weight excluding hydrogens is 133 g/mol. The van der Waals surface area contributed by atoms with Gasteiger partial charge in [0.25, 0.3) is 0 Å². The maximum absolute atomic E-state index is 9.97. The van der Waals surface area contributed by atoms with Gasteiger partial charge in [-0.2, -0.15) is 0 Å². The van der Waals surface area contributed by atoms with Gasteiger partial charge in [-0.05, 0) is 0 Å². The molecule has 0 fully saturated rings. The Labute approximate surface area is 45.8 Å². The monoisotopic (exact) mass is 141 g/mol. The van der Waals surface area contributed by atoms with Gasteiger partial charge in [0.15, 0.2) is 0 Å². The van der Waals surface area contributed by atoms with Crippen LogP contribution in [-0.4, -0.2) is 15.3 Å². The Morgan fingerprint density at radius 1 is 1.25 bits per heavy atom. The Bertz CT molecular complexity index is 121. The third-order valence-electron chi connectivity index (χ3n) is 0.505. The summed E-state index contributed by atoms with van der Waals surface area (Å²) in [5.74, 6) is 0. The molecule has 8 heavy (non-hydrogen) atoms. The molecule has 0 aliphatic heterocycles. The molecule has 0 saturated carbocycles. The van der Waals surface area contributed by atoms with Crippen LogP contribution in [0.1, 0.15) is 0 Å². The molecule has 0 aromatic rings. The van der Waals surface area contributed by atoms with Gasteiger partial charge in [-0.1, -0.05) is 0 Å². The summed E-state index contributed by atoms with van der Waals surface area (Å²) in [6, 6.07) is 0. The van der Waals surface area contributed by atoms with Gasteiger partial charge >= 0.3 is 7.60 Å². The van der Waals surface area contributed by atoms with Crippen LogP contribution in [0.4, 0.5) is 0 Å². The van der Waals surface area contributed by atoms with E-state index in [9.17, 15) is 4.57 Å². The third kappa shape index (κ3) is 1.87. The second-order valence-corrected chi connectivity index (χ2v) is 3.29. The summed E-state index contributed by atoms with van der Waals surface area (Å²) in [5, 5.41) is 0. The van der Waals surface area contributed by atoms with Crippen molar-refractivity contribution in [2.75, 3.05) is 0 Å². The highest BCUT2D eigenvalue weighted by atomic mass is 31.2. The van der Waals surface area contributed by atoms with Gasteiger partial charge in [0.1, 0.15) is 0 Å². The zero-order valence-corrected chi connectivity index (χ0v) is 4.88. The van der Waals surface area contributed by atoms with Crippen LogP contribution in [0, 0.1) is 0 Å². The third-order valence-corrected chi connectivity index (χ3v) is 1.51. The minimum atomic E-state index is -4.52. The van der Waals surface area contributed by atoms with E-state index in [0.717, 1.165) is 0 Å². The van der Waals surface area contributed by atoms with Crippen LogP contribution < -0.4 is 17.2 Å². The lowest BCUT2D eigenvalue weighted by Crippen LogP contribution is -2.57. The van der Waals surface area contributed by atoms with E-state index < -0.39 is 13.1 Å².